The second-order valence-corrected chi connectivity index (χ2v) is 5.98. The van der Waals surface area contributed by atoms with E-state index in [0.717, 1.165) is 11.3 Å². The molecule has 0 aliphatic rings. The quantitative estimate of drug-likeness (QED) is 0.782. The Morgan fingerprint density at radius 2 is 1.68 bits per heavy atom. The first-order valence-corrected chi connectivity index (χ1v) is 7.88. The average Bonchev–Trinajstić information content (AvgIpc) is 2.45. The number of rotatable bonds is 6. The maximum Gasteiger partial charge on any atom is 0.222 e. The smallest absolute Gasteiger partial charge is 0.222 e. The topological polar surface area (TPSA) is 41.1 Å². The van der Waals surface area contributed by atoms with Crippen LogP contribution in [0.4, 0.5) is 5.69 Å². The van der Waals surface area contributed by atoms with Crippen LogP contribution in [-0.4, -0.2) is 12.5 Å². The number of hydrogen-bond acceptors (Lipinski definition) is 2. The maximum absolute atomic E-state index is 11.8. The van der Waals surface area contributed by atoms with Gasteiger partial charge in [0, 0.05) is 40.3 Å². The molecule has 0 heterocycles. The molecule has 2 aromatic carbocycles. The lowest BCUT2D eigenvalue weighted by Crippen LogP contribution is -2.25. The third kappa shape index (κ3) is 5.41. The van der Waals surface area contributed by atoms with Gasteiger partial charge in [-0.2, -0.15) is 0 Å². The summed E-state index contributed by atoms with van der Waals surface area (Å²) in [6.45, 7) is 0.909. The minimum absolute atomic E-state index is 0.0551. The van der Waals surface area contributed by atoms with E-state index in [4.69, 9.17) is 34.8 Å². The highest BCUT2D eigenvalue weighted by atomic mass is 35.5. The first-order chi connectivity index (χ1) is 10.5. The van der Waals surface area contributed by atoms with E-state index in [9.17, 15) is 4.79 Å². The molecule has 0 aromatic heterocycles. The van der Waals surface area contributed by atoms with Crippen molar-refractivity contribution in [1.82, 2.24) is 5.32 Å². The van der Waals surface area contributed by atoms with E-state index in [2.05, 4.69) is 10.6 Å². The number of nitrogens with one attached hydrogen (secondary N) is 2. The van der Waals surface area contributed by atoms with Crippen molar-refractivity contribution < 1.29 is 4.79 Å². The molecular weight excluding hydrogens is 343 g/mol. The van der Waals surface area contributed by atoms with Crippen molar-refractivity contribution >= 4 is 46.4 Å². The number of halogens is 3. The number of hydrogen-bond donors (Lipinski definition) is 2. The minimum Gasteiger partial charge on any atom is -0.384 e. The number of carbonyl (C=O) groups excluding carboxylic acids is 1. The molecule has 0 unspecified atom stereocenters. The Hall–Kier alpha value is -1.42. The molecule has 0 spiro atoms. The highest BCUT2D eigenvalue weighted by molar-refractivity contribution is 6.35. The van der Waals surface area contributed by atoms with Crippen molar-refractivity contribution in [2.45, 2.75) is 13.0 Å². The van der Waals surface area contributed by atoms with Crippen LogP contribution in [0.1, 0.15) is 12.0 Å². The Balaban J connectivity index is 1.75. The van der Waals surface area contributed by atoms with Gasteiger partial charge in [-0.15, -0.1) is 0 Å². The van der Waals surface area contributed by atoms with Gasteiger partial charge in [-0.05, 0) is 29.8 Å². The molecule has 0 aliphatic heterocycles. The van der Waals surface area contributed by atoms with Gasteiger partial charge in [-0.1, -0.05) is 53.0 Å². The van der Waals surface area contributed by atoms with Crippen LogP contribution in [0.3, 0.4) is 0 Å². The lowest BCUT2D eigenvalue weighted by Gasteiger charge is -2.09. The van der Waals surface area contributed by atoms with Crippen molar-refractivity contribution in [3.05, 3.63) is 63.1 Å². The van der Waals surface area contributed by atoms with Crippen molar-refractivity contribution in [2.75, 3.05) is 11.9 Å². The molecule has 0 radical (unpaired) electrons. The van der Waals surface area contributed by atoms with E-state index in [-0.39, 0.29) is 5.91 Å². The van der Waals surface area contributed by atoms with Crippen LogP contribution in [0.15, 0.2) is 42.5 Å². The van der Waals surface area contributed by atoms with Crippen LogP contribution in [0, 0.1) is 0 Å². The van der Waals surface area contributed by atoms with E-state index >= 15 is 0 Å². The van der Waals surface area contributed by atoms with Crippen LogP contribution in [-0.2, 0) is 11.3 Å². The third-order valence-electron chi connectivity index (χ3n) is 2.98. The fourth-order valence-electron chi connectivity index (χ4n) is 1.90. The van der Waals surface area contributed by atoms with Gasteiger partial charge < -0.3 is 10.6 Å². The normalized spacial score (nSPS) is 10.3. The Morgan fingerprint density at radius 3 is 2.36 bits per heavy atom. The molecule has 0 aliphatic carbocycles. The standard InChI is InChI=1S/C16H15Cl3N2O/c17-12-7-13(18)9-14(8-12)20-6-5-16(22)21-10-11-3-1-2-4-15(11)19/h1-4,7-9,20H,5-6,10H2,(H,21,22). The number of benzene rings is 2. The predicted molar refractivity (Wildman–Crippen MR) is 92.9 cm³/mol. The van der Waals surface area contributed by atoms with Gasteiger partial charge in [0.2, 0.25) is 5.91 Å². The molecule has 2 aromatic rings. The van der Waals surface area contributed by atoms with E-state index in [0.29, 0.717) is 34.6 Å². The van der Waals surface area contributed by atoms with Crippen LogP contribution in [0.25, 0.3) is 0 Å². The monoisotopic (exact) mass is 356 g/mol. The molecule has 22 heavy (non-hydrogen) atoms. The summed E-state index contributed by atoms with van der Waals surface area (Å²) in [4.78, 5) is 11.8. The molecule has 0 saturated heterocycles. The second kappa shape index (κ2) is 8.28. The summed E-state index contributed by atoms with van der Waals surface area (Å²) in [5.74, 6) is -0.0551. The van der Waals surface area contributed by atoms with Crippen molar-refractivity contribution in [3.8, 4) is 0 Å². The second-order valence-electron chi connectivity index (χ2n) is 4.70. The SMILES string of the molecule is O=C(CCNc1cc(Cl)cc(Cl)c1)NCc1ccccc1Cl. The van der Waals surface area contributed by atoms with Gasteiger partial charge in [-0.3, -0.25) is 4.79 Å². The zero-order chi connectivity index (χ0) is 15.9. The zero-order valence-electron chi connectivity index (χ0n) is 11.7. The molecule has 0 saturated carbocycles. The fraction of sp³-hybridized carbons (Fsp3) is 0.188. The Morgan fingerprint density at radius 1 is 1.00 bits per heavy atom. The van der Waals surface area contributed by atoms with Crippen molar-refractivity contribution in [2.24, 2.45) is 0 Å². The third-order valence-corrected chi connectivity index (χ3v) is 3.78. The van der Waals surface area contributed by atoms with Gasteiger partial charge in [0.15, 0.2) is 0 Å². The Labute approximate surface area is 144 Å². The Kier molecular flexibility index (Phi) is 6.37. The van der Waals surface area contributed by atoms with Crippen LogP contribution in [0.5, 0.6) is 0 Å². The van der Waals surface area contributed by atoms with E-state index in [1.165, 1.54) is 0 Å². The first kappa shape index (κ1) is 16.9. The number of carbonyl (C=O) groups is 1. The molecule has 116 valence electrons. The summed E-state index contributed by atoms with van der Waals surface area (Å²) in [5.41, 5.74) is 1.68. The average molecular weight is 358 g/mol. The summed E-state index contributed by atoms with van der Waals surface area (Å²) in [5, 5.41) is 7.70. The molecule has 0 bridgehead atoms. The molecule has 3 nitrogen and oxygen atoms in total. The molecule has 0 fully saturated rings. The molecule has 2 rings (SSSR count). The highest BCUT2D eigenvalue weighted by Crippen LogP contribution is 2.22. The van der Waals surface area contributed by atoms with Gasteiger partial charge in [-0.25, -0.2) is 0 Å². The zero-order valence-corrected chi connectivity index (χ0v) is 14.0. The summed E-state index contributed by atoms with van der Waals surface area (Å²) in [7, 11) is 0. The number of amides is 1. The van der Waals surface area contributed by atoms with Gasteiger partial charge >= 0.3 is 0 Å². The molecule has 2 N–H and O–H groups in total. The van der Waals surface area contributed by atoms with E-state index < -0.39 is 0 Å². The van der Waals surface area contributed by atoms with Gasteiger partial charge in [0.05, 0.1) is 0 Å². The minimum atomic E-state index is -0.0551. The van der Waals surface area contributed by atoms with Crippen molar-refractivity contribution in [1.29, 1.82) is 0 Å². The Bertz CT molecular complexity index is 641. The van der Waals surface area contributed by atoms with Crippen LogP contribution < -0.4 is 10.6 Å². The van der Waals surface area contributed by atoms with E-state index in [1.807, 2.05) is 18.2 Å². The summed E-state index contributed by atoms with van der Waals surface area (Å²) in [6.07, 6.45) is 0.342. The van der Waals surface area contributed by atoms with Crippen molar-refractivity contribution in [3.63, 3.8) is 0 Å². The number of anilines is 1. The molecule has 0 atom stereocenters. The summed E-state index contributed by atoms with van der Waals surface area (Å²) >= 11 is 17.8. The van der Waals surface area contributed by atoms with Crippen LogP contribution in [0.2, 0.25) is 15.1 Å². The van der Waals surface area contributed by atoms with Gasteiger partial charge in [0.1, 0.15) is 0 Å². The first-order valence-electron chi connectivity index (χ1n) is 6.74. The molecule has 1 amide bonds. The molecule has 6 heteroatoms. The lowest BCUT2D eigenvalue weighted by molar-refractivity contribution is -0.121. The van der Waals surface area contributed by atoms with E-state index in [1.54, 1.807) is 24.3 Å². The molecular formula is C16H15Cl3N2O. The fourth-order valence-corrected chi connectivity index (χ4v) is 2.63. The maximum atomic E-state index is 11.8. The largest absolute Gasteiger partial charge is 0.384 e. The predicted octanol–water partition coefficient (Wildman–Crippen LogP) is 4.77. The van der Waals surface area contributed by atoms with Crippen LogP contribution >= 0.6 is 34.8 Å². The van der Waals surface area contributed by atoms with Gasteiger partial charge in [0.25, 0.3) is 0 Å². The summed E-state index contributed by atoms with van der Waals surface area (Å²) in [6, 6.07) is 12.6. The lowest BCUT2D eigenvalue weighted by atomic mass is 10.2. The summed E-state index contributed by atoms with van der Waals surface area (Å²) < 4.78 is 0. The highest BCUT2D eigenvalue weighted by Gasteiger charge is 2.04.